The molecule has 0 radical (unpaired) electrons. The summed E-state index contributed by atoms with van der Waals surface area (Å²) in [5.74, 6) is 0.0907. The zero-order valence-electron chi connectivity index (χ0n) is 9.15. The van der Waals surface area contributed by atoms with Crippen LogP contribution in [0.2, 0.25) is 0 Å². The van der Waals surface area contributed by atoms with Crippen molar-refractivity contribution >= 4 is 5.91 Å². The smallest absolute Gasteiger partial charge is 0.290 e. The van der Waals surface area contributed by atoms with Crippen LogP contribution in [-0.2, 0) is 0 Å². The van der Waals surface area contributed by atoms with Gasteiger partial charge in [-0.25, -0.2) is 0 Å². The molecule has 0 atom stereocenters. The molecule has 0 bridgehead atoms. The summed E-state index contributed by atoms with van der Waals surface area (Å²) in [5, 5.41) is 8.63. The summed E-state index contributed by atoms with van der Waals surface area (Å²) in [7, 11) is 0. The maximum absolute atomic E-state index is 11.9. The number of aryl methyl sites for hydroxylation is 1. The Morgan fingerprint density at radius 2 is 2.33 bits per heavy atom. The van der Waals surface area contributed by atoms with Gasteiger partial charge in [-0.2, -0.15) is 5.26 Å². The fourth-order valence-corrected chi connectivity index (χ4v) is 1.29. The Bertz CT molecular complexity index is 388. The third kappa shape index (κ3) is 2.38. The van der Waals surface area contributed by atoms with Crippen LogP contribution in [0, 0.1) is 18.3 Å². The molecule has 1 aromatic rings. The molecule has 1 aromatic heterocycles. The highest BCUT2D eigenvalue weighted by molar-refractivity contribution is 5.93. The summed E-state index contributed by atoms with van der Waals surface area (Å²) in [5.41, 5.74) is 0.795. The number of amides is 1. The SMILES string of the molecule is Cc1ccoc1C(=O)N(CC#N)C(C)C. The second-order valence-corrected chi connectivity index (χ2v) is 3.62. The summed E-state index contributed by atoms with van der Waals surface area (Å²) < 4.78 is 5.10. The van der Waals surface area contributed by atoms with Gasteiger partial charge < -0.3 is 9.32 Å². The van der Waals surface area contributed by atoms with Crippen LogP contribution in [-0.4, -0.2) is 23.4 Å². The van der Waals surface area contributed by atoms with E-state index in [2.05, 4.69) is 0 Å². The quantitative estimate of drug-likeness (QED) is 0.710. The number of nitriles is 1. The Kier molecular flexibility index (Phi) is 3.51. The van der Waals surface area contributed by atoms with Crippen LogP contribution >= 0.6 is 0 Å². The average molecular weight is 206 g/mol. The molecular weight excluding hydrogens is 192 g/mol. The number of nitrogens with zero attached hydrogens (tertiary/aromatic N) is 2. The zero-order valence-corrected chi connectivity index (χ0v) is 9.15. The van der Waals surface area contributed by atoms with E-state index in [1.54, 1.807) is 6.07 Å². The van der Waals surface area contributed by atoms with E-state index in [-0.39, 0.29) is 18.5 Å². The van der Waals surface area contributed by atoms with E-state index in [0.717, 1.165) is 5.56 Å². The van der Waals surface area contributed by atoms with E-state index in [9.17, 15) is 4.79 Å². The van der Waals surface area contributed by atoms with Gasteiger partial charge in [0.15, 0.2) is 5.76 Å². The molecule has 0 aromatic carbocycles. The van der Waals surface area contributed by atoms with Crippen molar-refractivity contribution in [2.24, 2.45) is 0 Å². The van der Waals surface area contributed by atoms with Crippen molar-refractivity contribution in [1.82, 2.24) is 4.90 Å². The van der Waals surface area contributed by atoms with Gasteiger partial charge in [-0.1, -0.05) is 0 Å². The van der Waals surface area contributed by atoms with Gasteiger partial charge in [0.2, 0.25) is 0 Å². The first-order valence-corrected chi connectivity index (χ1v) is 4.80. The van der Waals surface area contributed by atoms with Crippen LogP contribution in [0.3, 0.4) is 0 Å². The lowest BCUT2D eigenvalue weighted by atomic mass is 10.2. The van der Waals surface area contributed by atoms with E-state index in [1.807, 2.05) is 26.8 Å². The first kappa shape index (κ1) is 11.3. The zero-order chi connectivity index (χ0) is 11.4. The van der Waals surface area contributed by atoms with Gasteiger partial charge in [-0.05, 0) is 26.8 Å². The maximum Gasteiger partial charge on any atom is 0.290 e. The average Bonchev–Trinajstić information content (AvgIpc) is 2.59. The molecule has 4 heteroatoms. The third-order valence-electron chi connectivity index (χ3n) is 2.18. The molecule has 0 saturated carbocycles. The van der Waals surface area contributed by atoms with Crippen molar-refractivity contribution in [3.05, 3.63) is 23.7 Å². The van der Waals surface area contributed by atoms with Crippen LogP contribution in [0.15, 0.2) is 16.7 Å². The first-order chi connectivity index (χ1) is 7.07. The van der Waals surface area contributed by atoms with Crippen LogP contribution in [0.1, 0.15) is 30.0 Å². The van der Waals surface area contributed by atoms with Gasteiger partial charge in [0, 0.05) is 11.6 Å². The second-order valence-electron chi connectivity index (χ2n) is 3.62. The van der Waals surface area contributed by atoms with Crippen molar-refractivity contribution in [3.8, 4) is 6.07 Å². The standard InChI is InChI=1S/C11H14N2O2/c1-8(2)13(6-5-12)11(14)10-9(3)4-7-15-10/h4,7-8H,6H2,1-3H3. The Hall–Kier alpha value is -1.76. The van der Waals surface area contributed by atoms with E-state index in [1.165, 1.54) is 11.2 Å². The molecule has 0 spiro atoms. The van der Waals surface area contributed by atoms with Gasteiger partial charge in [0.1, 0.15) is 6.54 Å². The van der Waals surface area contributed by atoms with Crippen molar-refractivity contribution < 1.29 is 9.21 Å². The summed E-state index contributed by atoms with van der Waals surface area (Å²) in [6.07, 6.45) is 1.48. The molecular formula is C11H14N2O2. The molecule has 1 amide bonds. The molecule has 0 fully saturated rings. The van der Waals surface area contributed by atoms with Crippen molar-refractivity contribution in [1.29, 1.82) is 5.26 Å². The highest BCUT2D eigenvalue weighted by atomic mass is 16.3. The van der Waals surface area contributed by atoms with Crippen LogP contribution in [0.25, 0.3) is 0 Å². The second kappa shape index (κ2) is 4.65. The normalized spacial score (nSPS) is 10.1. The van der Waals surface area contributed by atoms with E-state index in [0.29, 0.717) is 5.76 Å². The van der Waals surface area contributed by atoms with E-state index >= 15 is 0 Å². The third-order valence-corrected chi connectivity index (χ3v) is 2.18. The highest BCUT2D eigenvalue weighted by Gasteiger charge is 2.22. The van der Waals surface area contributed by atoms with Crippen LogP contribution < -0.4 is 0 Å². The number of carbonyl (C=O) groups excluding carboxylic acids is 1. The van der Waals surface area contributed by atoms with Crippen molar-refractivity contribution in [2.75, 3.05) is 6.54 Å². The van der Waals surface area contributed by atoms with Crippen molar-refractivity contribution in [3.63, 3.8) is 0 Å². The lowest BCUT2D eigenvalue weighted by Crippen LogP contribution is -2.37. The fourth-order valence-electron chi connectivity index (χ4n) is 1.29. The summed E-state index contributed by atoms with van der Waals surface area (Å²) >= 11 is 0. The molecule has 1 rings (SSSR count). The molecule has 0 unspecified atom stereocenters. The first-order valence-electron chi connectivity index (χ1n) is 4.80. The minimum Gasteiger partial charge on any atom is -0.459 e. The van der Waals surface area contributed by atoms with Crippen molar-refractivity contribution in [2.45, 2.75) is 26.8 Å². The number of carbonyl (C=O) groups is 1. The van der Waals surface area contributed by atoms with Gasteiger partial charge >= 0.3 is 0 Å². The lowest BCUT2D eigenvalue weighted by molar-refractivity contribution is 0.0698. The molecule has 0 aliphatic carbocycles. The minimum absolute atomic E-state index is 0.0124. The molecule has 0 saturated heterocycles. The van der Waals surface area contributed by atoms with E-state index in [4.69, 9.17) is 9.68 Å². The van der Waals surface area contributed by atoms with Gasteiger partial charge in [0.05, 0.1) is 12.3 Å². The number of rotatable bonds is 3. The molecule has 80 valence electrons. The van der Waals surface area contributed by atoms with Gasteiger partial charge in [0.25, 0.3) is 5.91 Å². The largest absolute Gasteiger partial charge is 0.459 e. The fraction of sp³-hybridized carbons (Fsp3) is 0.455. The molecule has 0 N–H and O–H groups in total. The lowest BCUT2D eigenvalue weighted by Gasteiger charge is -2.22. The predicted molar refractivity (Wildman–Crippen MR) is 55.2 cm³/mol. The molecule has 0 aliphatic rings. The summed E-state index contributed by atoms with van der Waals surface area (Å²) in [6, 6.07) is 3.70. The van der Waals surface area contributed by atoms with Crippen LogP contribution in [0.4, 0.5) is 0 Å². The molecule has 4 nitrogen and oxygen atoms in total. The number of hydrogen-bond donors (Lipinski definition) is 0. The van der Waals surface area contributed by atoms with Gasteiger partial charge in [-0.15, -0.1) is 0 Å². The Morgan fingerprint density at radius 3 is 2.73 bits per heavy atom. The maximum atomic E-state index is 11.9. The summed E-state index contributed by atoms with van der Waals surface area (Å²) in [6.45, 7) is 5.62. The minimum atomic E-state index is -0.228. The predicted octanol–water partition coefficient (Wildman–Crippen LogP) is 1.96. The Labute approximate surface area is 89.1 Å². The highest BCUT2D eigenvalue weighted by Crippen LogP contribution is 2.13. The topological polar surface area (TPSA) is 57.2 Å². The monoisotopic (exact) mass is 206 g/mol. The molecule has 15 heavy (non-hydrogen) atoms. The Morgan fingerprint density at radius 1 is 1.67 bits per heavy atom. The van der Waals surface area contributed by atoms with Gasteiger partial charge in [-0.3, -0.25) is 4.79 Å². The van der Waals surface area contributed by atoms with Crippen LogP contribution in [0.5, 0.6) is 0 Å². The number of hydrogen-bond acceptors (Lipinski definition) is 3. The number of furan rings is 1. The molecule has 1 heterocycles. The Balaban J connectivity index is 2.92. The van der Waals surface area contributed by atoms with E-state index < -0.39 is 0 Å². The summed E-state index contributed by atoms with van der Waals surface area (Å²) in [4.78, 5) is 13.4. The molecule has 0 aliphatic heterocycles.